The number of hydrogen-bond donors (Lipinski definition) is 1. The van der Waals surface area contributed by atoms with Crippen LogP contribution in [0.25, 0.3) is 0 Å². The molecule has 0 saturated carbocycles. The van der Waals surface area contributed by atoms with E-state index in [0.29, 0.717) is 17.0 Å². The largest absolute Gasteiger partial charge is 0.398 e. The van der Waals surface area contributed by atoms with Crippen molar-refractivity contribution in [2.24, 2.45) is 0 Å². The Labute approximate surface area is 99.3 Å². The molecule has 1 aromatic rings. The maximum absolute atomic E-state index is 12.0. The molecule has 0 aromatic carbocycles. The molecule has 1 amide bonds. The van der Waals surface area contributed by atoms with Crippen molar-refractivity contribution in [3.05, 3.63) is 15.8 Å². The minimum absolute atomic E-state index is 0.0763. The number of rotatable bonds is 3. The van der Waals surface area contributed by atoms with Gasteiger partial charge < -0.3 is 10.6 Å². The number of nitrogen functional groups attached to an aromatic ring is 1. The van der Waals surface area contributed by atoms with Crippen molar-refractivity contribution in [3.8, 4) is 6.07 Å². The number of aryl methyl sites for hydroxylation is 1. The van der Waals surface area contributed by atoms with Crippen LogP contribution in [0.3, 0.4) is 0 Å². The lowest BCUT2D eigenvalue weighted by molar-refractivity contribution is 0.0751. The average molecular weight is 237 g/mol. The molecule has 2 N–H and O–H groups in total. The quantitative estimate of drug-likeness (QED) is 0.874. The molecule has 0 aliphatic rings. The summed E-state index contributed by atoms with van der Waals surface area (Å²) in [5.74, 6) is -0.0763. The zero-order chi connectivity index (χ0) is 12.3. The number of anilines is 1. The Kier molecular flexibility index (Phi) is 3.91. The fraction of sp³-hybridized carbons (Fsp3) is 0.455. The molecule has 0 radical (unpaired) electrons. The summed E-state index contributed by atoms with van der Waals surface area (Å²) in [4.78, 5) is 15.2. The van der Waals surface area contributed by atoms with E-state index in [0.717, 1.165) is 4.88 Å². The summed E-state index contributed by atoms with van der Waals surface area (Å²) >= 11 is 1.39. The van der Waals surface area contributed by atoms with Crippen LogP contribution < -0.4 is 5.73 Å². The maximum Gasteiger partial charge on any atom is 0.264 e. The minimum Gasteiger partial charge on any atom is -0.398 e. The average Bonchev–Trinajstić information content (AvgIpc) is 2.57. The smallest absolute Gasteiger partial charge is 0.264 e. The van der Waals surface area contributed by atoms with Gasteiger partial charge in [-0.2, -0.15) is 5.26 Å². The molecule has 86 valence electrons. The molecule has 0 aliphatic carbocycles. The summed E-state index contributed by atoms with van der Waals surface area (Å²) in [7, 11) is 1.70. The van der Waals surface area contributed by atoms with E-state index in [1.165, 1.54) is 11.3 Å². The van der Waals surface area contributed by atoms with Crippen LogP contribution in [0.5, 0.6) is 0 Å². The van der Waals surface area contributed by atoms with Gasteiger partial charge in [-0.3, -0.25) is 4.79 Å². The third-order valence-corrected chi connectivity index (χ3v) is 3.59. The summed E-state index contributed by atoms with van der Waals surface area (Å²) in [6.07, 6.45) is 0.335. The van der Waals surface area contributed by atoms with Crippen LogP contribution in [0.4, 0.5) is 5.69 Å². The molecule has 1 atom stereocenters. The van der Waals surface area contributed by atoms with Gasteiger partial charge in [0.25, 0.3) is 5.91 Å². The zero-order valence-electron chi connectivity index (χ0n) is 9.65. The van der Waals surface area contributed by atoms with Crippen LogP contribution in [0, 0.1) is 18.3 Å². The Bertz CT molecular complexity index is 413. The first kappa shape index (κ1) is 12.5. The number of amides is 1. The molecular weight excluding hydrogens is 222 g/mol. The van der Waals surface area contributed by atoms with Gasteiger partial charge in [0.2, 0.25) is 0 Å². The Hall–Kier alpha value is -1.54. The van der Waals surface area contributed by atoms with Gasteiger partial charge in [-0.05, 0) is 19.9 Å². The maximum atomic E-state index is 12.0. The molecule has 1 heterocycles. The van der Waals surface area contributed by atoms with Gasteiger partial charge >= 0.3 is 0 Å². The van der Waals surface area contributed by atoms with Crippen LogP contribution >= 0.6 is 11.3 Å². The van der Waals surface area contributed by atoms with E-state index < -0.39 is 0 Å². The molecule has 1 aromatic heterocycles. The Morgan fingerprint density at radius 1 is 1.75 bits per heavy atom. The van der Waals surface area contributed by atoms with Gasteiger partial charge in [0, 0.05) is 23.7 Å². The van der Waals surface area contributed by atoms with Gasteiger partial charge in [-0.1, -0.05) is 0 Å². The van der Waals surface area contributed by atoms with E-state index in [2.05, 4.69) is 6.07 Å². The topological polar surface area (TPSA) is 70.1 Å². The SMILES string of the molecule is Cc1sc(C(=O)N(C)C(C)CC#N)cc1N. The summed E-state index contributed by atoms with van der Waals surface area (Å²) < 4.78 is 0. The van der Waals surface area contributed by atoms with Crippen LogP contribution in [0.2, 0.25) is 0 Å². The Balaban J connectivity index is 2.82. The van der Waals surface area contributed by atoms with Crippen molar-refractivity contribution >= 4 is 22.9 Å². The molecule has 0 spiro atoms. The van der Waals surface area contributed by atoms with Crippen molar-refractivity contribution in [2.75, 3.05) is 12.8 Å². The minimum atomic E-state index is -0.0823. The lowest BCUT2D eigenvalue weighted by Crippen LogP contribution is -2.34. The highest BCUT2D eigenvalue weighted by atomic mass is 32.1. The van der Waals surface area contributed by atoms with Crippen LogP contribution in [0.15, 0.2) is 6.07 Å². The summed E-state index contributed by atoms with van der Waals surface area (Å²) in [6.45, 7) is 3.74. The summed E-state index contributed by atoms with van der Waals surface area (Å²) in [5.41, 5.74) is 6.35. The van der Waals surface area contributed by atoms with E-state index in [-0.39, 0.29) is 11.9 Å². The lowest BCUT2D eigenvalue weighted by atomic mass is 10.2. The molecular formula is C11H15N3OS. The second-order valence-corrected chi connectivity index (χ2v) is 5.01. The lowest BCUT2D eigenvalue weighted by Gasteiger charge is -2.22. The van der Waals surface area contributed by atoms with E-state index in [1.54, 1.807) is 18.0 Å². The highest BCUT2D eigenvalue weighted by molar-refractivity contribution is 7.14. The van der Waals surface area contributed by atoms with Gasteiger partial charge in [0.05, 0.1) is 17.4 Å². The first-order valence-electron chi connectivity index (χ1n) is 4.97. The predicted octanol–water partition coefficient (Wildman–Crippen LogP) is 2.01. The van der Waals surface area contributed by atoms with Crippen LogP contribution in [-0.2, 0) is 0 Å². The standard InChI is InChI=1S/C11H15N3OS/c1-7(4-5-12)14(3)11(15)10-6-9(13)8(2)16-10/h6-7H,4,13H2,1-3H3. The monoisotopic (exact) mass is 237 g/mol. The first-order chi connectivity index (χ1) is 7.47. The van der Waals surface area contributed by atoms with Crippen molar-refractivity contribution in [1.29, 1.82) is 5.26 Å². The number of nitrogens with two attached hydrogens (primary N) is 1. The van der Waals surface area contributed by atoms with Crippen molar-refractivity contribution < 1.29 is 4.79 Å². The van der Waals surface area contributed by atoms with Gasteiger partial charge in [0.15, 0.2) is 0 Å². The number of hydrogen-bond acceptors (Lipinski definition) is 4. The van der Waals surface area contributed by atoms with E-state index in [9.17, 15) is 4.79 Å². The molecule has 16 heavy (non-hydrogen) atoms. The van der Waals surface area contributed by atoms with Crippen LogP contribution in [0.1, 0.15) is 27.9 Å². The van der Waals surface area contributed by atoms with Gasteiger partial charge in [-0.15, -0.1) is 11.3 Å². The van der Waals surface area contributed by atoms with E-state index in [1.807, 2.05) is 13.8 Å². The van der Waals surface area contributed by atoms with Gasteiger partial charge in [-0.25, -0.2) is 0 Å². The Morgan fingerprint density at radius 2 is 2.38 bits per heavy atom. The molecule has 0 aliphatic heterocycles. The predicted molar refractivity (Wildman–Crippen MR) is 65.3 cm³/mol. The normalized spacial score (nSPS) is 11.9. The van der Waals surface area contributed by atoms with Crippen molar-refractivity contribution in [2.45, 2.75) is 26.3 Å². The highest BCUT2D eigenvalue weighted by Crippen LogP contribution is 2.24. The molecule has 5 heteroatoms. The molecule has 0 fully saturated rings. The molecule has 0 saturated heterocycles. The third-order valence-electron chi connectivity index (χ3n) is 2.54. The number of carbonyl (C=O) groups excluding carboxylic acids is 1. The van der Waals surface area contributed by atoms with Gasteiger partial charge in [0.1, 0.15) is 0 Å². The summed E-state index contributed by atoms with van der Waals surface area (Å²) in [5, 5.41) is 8.58. The zero-order valence-corrected chi connectivity index (χ0v) is 10.5. The number of nitriles is 1. The molecule has 1 unspecified atom stereocenters. The fourth-order valence-electron chi connectivity index (χ4n) is 1.24. The Morgan fingerprint density at radius 3 is 2.81 bits per heavy atom. The third kappa shape index (κ3) is 2.52. The second-order valence-electron chi connectivity index (χ2n) is 3.75. The number of nitrogens with zero attached hydrogens (tertiary/aromatic N) is 2. The van der Waals surface area contributed by atoms with E-state index in [4.69, 9.17) is 11.0 Å². The molecule has 1 rings (SSSR count). The second kappa shape index (κ2) is 4.99. The first-order valence-corrected chi connectivity index (χ1v) is 5.79. The molecule has 4 nitrogen and oxygen atoms in total. The fourth-order valence-corrected chi connectivity index (χ4v) is 2.17. The number of carbonyl (C=O) groups is 1. The van der Waals surface area contributed by atoms with Crippen molar-refractivity contribution in [3.63, 3.8) is 0 Å². The van der Waals surface area contributed by atoms with E-state index >= 15 is 0 Å². The molecule has 0 bridgehead atoms. The highest BCUT2D eigenvalue weighted by Gasteiger charge is 2.19. The number of thiophene rings is 1. The van der Waals surface area contributed by atoms with Crippen LogP contribution in [-0.4, -0.2) is 23.9 Å². The summed E-state index contributed by atoms with van der Waals surface area (Å²) in [6, 6.07) is 3.67. The van der Waals surface area contributed by atoms with Crippen molar-refractivity contribution in [1.82, 2.24) is 4.90 Å².